The summed E-state index contributed by atoms with van der Waals surface area (Å²) in [4.78, 5) is 24.1. The van der Waals surface area contributed by atoms with Crippen molar-refractivity contribution < 1.29 is 4.42 Å². The van der Waals surface area contributed by atoms with Gasteiger partial charge in [-0.2, -0.15) is 0 Å². The topological polar surface area (TPSA) is 89.7 Å². The van der Waals surface area contributed by atoms with Crippen LogP contribution < -0.4 is 16.3 Å². The molecule has 0 bridgehead atoms. The van der Waals surface area contributed by atoms with Gasteiger partial charge in [0.15, 0.2) is 5.65 Å². The first-order valence-electron chi connectivity index (χ1n) is 9.90. The molecule has 0 saturated carbocycles. The Morgan fingerprint density at radius 2 is 1.90 bits per heavy atom. The van der Waals surface area contributed by atoms with E-state index >= 15 is 0 Å². The molecule has 7 heteroatoms. The summed E-state index contributed by atoms with van der Waals surface area (Å²) in [6.07, 6.45) is 5.70. The molecule has 3 aromatic heterocycles. The first kappa shape index (κ1) is 17.9. The van der Waals surface area contributed by atoms with Gasteiger partial charge in [-0.05, 0) is 44.9 Å². The number of anilines is 1. The van der Waals surface area contributed by atoms with Gasteiger partial charge < -0.3 is 19.5 Å². The molecule has 0 aliphatic carbocycles. The highest BCUT2D eigenvalue weighted by atomic mass is 16.4. The quantitative estimate of drug-likeness (QED) is 0.530. The highest BCUT2D eigenvalue weighted by Gasteiger charge is 2.18. The van der Waals surface area contributed by atoms with E-state index in [0.717, 1.165) is 54.0 Å². The van der Waals surface area contributed by atoms with Crippen molar-refractivity contribution in [3.05, 3.63) is 58.5 Å². The van der Waals surface area contributed by atoms with Gasteiger partial charge in [0, 0.05) is 48.7 Å². The Labute approximate surface area is 167 Å². The van der Waals surface area contributed by atoms with E-state index in [9.17, 15) is 4.79 Å². The lowest BCUT2D eigenvalue weighted by Crippen LogP contribution is -2.39. The van der Waals surface area contributed by atoms with Crippen molar-refractivity contribution in [1.29, 1.82) is 0 Å². The number of nitrogens with two attached hydrogens (primary N) is 1. The molecule has 4 aromatic rings. The molecule has 7 nitrogen and oxygen atoms in total. The molecule has 4 heterocycles. The molecule has 0 spiro atoms. The zero-order valence-electron chi connectivity index (χ0n) is 16.6. The van der Waals surface area contributed by atoms with Gasteiger partial charge in [-0.25, -0.2) is 9.78 Å². The van der Waals surface area contributed by atoms with Crippen LogP contribution in [0.5, 0.6) is 0 Å². The van der Waals surface area contributed by atoms with Gasteiger partial charge >= 0.3 is 5.63 Å². The van der Waals surface area contributed by atoms with Crippen LogP contribution in [0.15, 0.2) is 45.9 Å². The minimum atomic E-state index is -0.388. The zero-order chi connectivity index (χ0) is 20.1. The van der Waals surface area contributed by atoms with Gasteiger partial charge in [0.25, 0.3) is 0 Å². The van der Waals surface area contributed by atoms with Gasteiger partial charge in [-0.3, -0.25) is 4.98 Å². The standard InChI is InChI=1S/C22H23N5O2/c1-13-11-27-12-19(25-21(27)14(2)24-13)18-9-15-3-4-17(10-20(15)29-22(18)28)26-7-5-16(23)6-8-26/h3-4,9-12,16H,5-8,23H2,1-2H3. The third-order valence-corrected chi connectivity index (χ3v) is 5.63. The van der Waals surface area contributed by atoms with Crippen LogP contribution in [0.25, 0.3) is 27.9 Å². The molecule has 5 rings (SSSR count). The van der Waals surface area contributed by atoms with Crippen LogP contribution in [0.4, 0.5) is 5.69 Å². The number of aromatic nitrogens is 3. The average molecular weight is 389 g/mol. The minimum absolute atomic E-state index is 0.278. The summed E-state index contributed by atoms with van der Waals surface area (Å²) in [5.74, 6) is 0. The number of hydrogen-bond donors (Lipinski definition) is 1. The van der Waals surface area contributed by atoms with Gasteiger partial charge in [0.1, 0.15) is 5.58 Å². The molecule has 0 atom stereocenters. The van der Waals surface area contributed by atoms with Gasteiger partial charge in [0.2, 0.25) is 0 Å². The summed E-state index contributed by atoms with van der Waals surface area (Å²) in [6.45, 7) is 5.69. The highest BCUT2D eigenvalue weighted by molar-refractivity contribution is 5.84. The predicted molar refractivity (Wildman–Crippen MR) is 113 cm³/mol. The van der Waals surface area contributed by atoms with Crippen LogP contribution in [-0.2, 0) is 0 Å². The number of piperidine rings is 1. The van der Waals surface area contributed by atoms with Gasteiger partial charge in [-0.15, -0.1) is 0 Å². The number of imidazole rings is 1. The molecule has 1 aromatic carbocycles. The molecule has 0 radical (unpaired) electrons. The van der Waals surface area contributed by atoms with Crippen molar-refractivity contribution >= 4 is 22.3 Å². The molecule has 148 valence electrons. The van der Waals surface area contributed by atoms with Crippen molar-refractivity contribution in [3.63, 3.8) is 0 Å². The van der Waals surface area contributed by atoms with Crippen molar-refractivity contribution in [2.45, 2.75) is 32.7 Å². The van der Waals surface area contributed by atoms with Crippen molar-refractivity contribution in [2.75, 3.05) is 18.0 Å². The maximum Gasteiger partial charge on any atom is 0.345 e. The second-order valence-corrected chi connectivity index (χ2v) is 7.82. The minimum Gasteiger partial charge on any atom is -0.422 e. The number of aryl methyl sites for hydroxylation is 2. The number of fused-ring (bicyclic) bond motifs is 2. The third-order valence-electron chi connectivity index (χ3n) is 5.63. The molecule has 2 N–H and O–H groups in total. The van der Waals surface area contributed by atoms with E-state index in [0.29, 0.717) is 16.8 Å². The first-order valence-corrected chi connectivity index (χ1v) is 9.90. The van der Waals surface area contributed by atoms with E-state index < -0.39 is 0 Å². The maximum atomic E-state index is 12.7. The van der Waals surface area contributed by atoms with E-state index in [2.05, 4.69) is 20.9 Å². The maximum absolute atomic E-state index is 12.7. The van der Waals surface area contributed by atoms with E-state index in [-0.39, 0.29) is 11.7 Å². The van der Waals surface area contributed by atoms with Crippen LogP contribution in [0.3, 0.4) is 0 Å². The fourth-order valence-electron chi connectivity index (χ4n) is 4.07. The summed E-state index contributed by atoms with van der Waals surface area (Å²) < 4.78 is 7.58. The molecule has 1 fully saturated rings. The second-order valence-electron chi connectivity index (χ2n) is 7.82. The fraction of sp³-hybridized carbons (Fsp3) is 0.318. The smallest absolute Gasteiger partial charge is 0.345 e. The molecule has 0 amide bonds. The van der Waals surface area contributed by atoms with Crippen LogP contribution >= 0.6 is 0 Å². The molecule has 29 heavy (non-hydrogen) atoms. The first-order chi connectivity index (χ1) is 14.0. The summed E-state index contributed by atoms with van der Waals surface area (Å²) in [5.41, 5.74) is 10.8. The number of rotatable bonds is 2. The number of benzene rings is 1. The Kier molecular flexibility index (Phi) is 4.13. The molecule has 0 unspecified atom stereocenters. The lowest BCUT2D eigenvalue weighted by atomic mass is 10.0. The van der Waals surface area contributed by atoms with Crippen molar-refractivity contribution in [2.24, 2.45) is 5.73 Å². The SMILES string of the molecule is Cc1cn2cc(-c3cc4ccc(N5CCC(N)CC5)cc4oc3=O)nc2c(C)n1. The summed E-state index contributed by atoms with van der Waals surface area (Å²) in [7, 11) is 0. The molecule has 1 aliphatic heterocycles. The Morgan fingerprint density at radius 3 is 2.69 bits per heavy atom. The molecular weight excluding hydrogens is 366 g/mol. The fourth-order valence-corrected chi connectivity index (χ4v) is 4.07. The molecular formula is C22H23N5O2. The van der Waals surface area contributed by atoms with Crippen LogP contribution in [0.2, 0.25) is 0 Å². The van der Waals surface area contributed by atoms with Crippen LogP contribution in [-0.4, -0.2) is 33.5 Å². The Morgan fingerprint density at radius 1 is 1.10 bits per heavy atom. The highest BCUT2D eigenvalue weighted by Crippen LogP contribution is 2.27. The Hall–Kier alpha value is -3.19. The second kappa shape index (κ2) is 6.70. The summed E-state index contributed by atoms with van der Waals surface area (Å²) >= 11 is 0. The third kappa shape index (κ3) is 3.17. The van der Waals surface area contributed by atoms with E-state index in [1.165, 1.54) is 0 Å². The van der Waals surface area contributed by atoms with Crippen LogP contribution in [0, 0.1) is 13.8 Å². The Bertz CT molecular complexity index is 1280. The lowest BCUT2D eigenvalue weighted by Gasteiger charge is -2.32. The summed E-state index contributed by atoms with van der Waals surface area (Å²) in [5, 5.41) is 0.875. The summed E-state index contributed by atoms with van der Waals surface area (Å²) in [6, 6.07) is 8.15. The molecule has 1 saturated heterocycles. The van der Waals surface area contributed by atoms with E-state index in [1.807, 2.05) is 48.8 Å². The molecule has 1 aliphatic rings. The van der Waals surface area contributed by atoms with Crippen molar-refractivity contribution in [3.8, 4) is 11.3 Å². The zero-order valence-corrected chi connectivity index (χ0v) is 16.6. The number of hydrogen-bond acceptors (Lipinski definition) is 6. The van der Waals surface area contributed by atoms with Crippen LogP contribution in [0.1, 0.15) is 24.2 Å². The number of nitrogens with zero attached hydrogens (tertiary/aromatic N) is 4. The average Bonchev–Trinajstić information content (AvgIpc) is 3.11. The van der Waals surface area contributed by atoms with Gasteiger partial charge in [0.05, 0.1) is 22.6 Å². The van der Waals surface area contributed by atoms with Gasteiger partial charge in [-0.1, -0.05) is 0 Å². The monoisotopic (exact) mass is 389 g/mol. The normalized spacial score (nSPS) is 15.5. The lowest BCUT2D eigenvalue weighted by molar-refractivity contribution is 0.501. The largest absolute Gasteiger partial charge is 0.422 e. The van der Waals surface area contributed by atoms with Crippen molar-refractivity contribution in [1.82, 2.24) is 14.4 Å². The van der Waals surface area contributed by atoms with E-state index in [4.69, 9.17) is 10.2 Å². The Balaban J connectivity index is 1.56. The predicted octanol–water partition coefficient (Wildman–Crippen LogP) is 3.05. The van der Waals surface area contributed by atoms with E-state index in [1.54, 1.807) is 0 Å².